The third-order valence-electron chi connectivity index (χ3n) is 6.46. The summed E-state index contributed by atoms with van der Waals surface area (Å²) in [6.07, 6.45) is -2.95. The number of benzene rings is 1. The van der Waals surface area contributed by atoms with Gasteiger partial charge in [-0.3, -0.25) is 9.89 Å². The zero-order valence-electron chi connectivity index (χ0n) is 19.6. The monoisotopic (exact) mass is 500 g/mol. The summed E-state index contributed by atoms with van der Waals surface area (Å²) in [6.45, 7) is 3.83. The molecule has 4 rings (SSSR count). The highest BCUT2D eigenvalue weighted by Crippen LogP contribution is 2.47. The third-order valence-corrected chi connectivity index (χ3v) is 7.67. The first kappa shape index (κ1) is 25.3. The molecule has 7 atom stereocenters. The van der Waals surface area contributed by atoms with Gasteiger partial charge in [0, 0.05) is 21.3 Å². The summed E-state index contributed by atoms with van der Waals surface area (Å²) in [6, 6.07) is 5.51. The molecule has 1 aromatic rings. The number of carbonyl (C=O) groups is 1. The fourth-order valence-electron chi connectivity index (χ4n) is 4.12. The van der Waals surface area contributed by atoms with Gasteiger partial charge < -0.3 is 33.5 Å². The van der Waals surface area contributed by atoms with E-state index in [4.69, 9.17) is 28.4 Å². The van der Waals surface area contributed by atoms with Crippen LogP contribution in [-0.4, -0.2) is 90.5 Å². The Hall–Kier alpha value is -1.80. The van der Waals surface area contributed by atoms with Crippen LogP contribution >= 0.6 is 11.8 Å². The molecule has 0 aromatic heterocycles. The average Bonchev–Trinajstić information content (AvgIpc) is 3.25. The highest BCUT2D eigenvalue weighted by molar-refractivity contribution is 8.14. The number of hydrogen-bond acceptors (Lipinski definition) is 9. The van der Waals surface area contributed by atoms with Crippen LogP contribution in [0.5, 0.6) is 0 Å². The van der Waals surface area contributed by atoms with E-state index in [1.54, 1.807) is 26.0 Å². The topological polar surface area (TPSA) is 108 Å². The zero-order valence-corrected chi connectivity index (χ0v) is 20.4. The van der Waals surface area contributed by atoms with E-state index in [1.165, 1.54) is 45.2 Å². The first-order valence-electron chi connectivity index (χ1n) is 10.8. The number of hydrogen-bond donors (Lipinski definition) is 1. The van der Waals surface area contributed by atoms with Crippen LogP contribution in [0.3, 0.4) is 0 Å². The smallest absolute Gasteiger partial charge is 0.413 e. The molecule has 188 valence electrons. The fraction of sp³-hybridized carbons (Fsp3) is 0.636. The predicted octanol–water partition coefficient (Wildman–Crippen LogP) is 2.66. The van der Waals surface area contributed by atoms with Gasteiger partial charge in [-0.1, -0.05) is 23.9 Å². The molecule has 3 heterocycles. The first-order chi connectivity index (χ1) is 16.1. The van der Waals surface area contributed by atoms with Crippen LogP contribution in [-0.2, 0) is 35.0 Å². The summed E-state index contributed by atoms with van der Waals surface area (Å²) in [7, 11) is 4.42. The number of fused-ring (bicyclic) bond motifs is 3. The Balaban J connectivity index is 1.56. The van der Waals surface area contributed by atoms with Crippen molar-refractivity contribution in [2.45, 2.75) is 61.8 Å². The van der Waals surface area contributed by atoms with Crippen LogP contribution in [0.15, 0.2) is 29.3 Å². The van der Waals surface area contributed by atoms with Gasteiger partial charge in [0.25, 0.3) is 0 Å². The van der Waals surface area contributed by atoms with E-state index in [9.17, 15) is 14.3 Å². The van der Waals surface area contributed by atoms with Crippen molar-refractivity contribution in [2.75, 3.05) is 27.9 Å². The van der Waals surface area contributed by atoms with Gasteiger partial charge in [-0.15, -0.1) is 0 Å². The minimum Gasteiger partial charge on any atom is -0.465 e. The standard InChI is InChI=1S/C22H29FN2O8S/c1-21(28-4)22(2,29-5)33-17-15-18(34-19(24-15)25(3)20(26)27)31-14(16(17)32-21)11-30-10-12-6-8-13(23)9-7-12/h6-9,14-18H,10-11H2,1-5H3,(H,26,27)/t14-,15-,16-,17-,18-,21+,22+/m1/s1. The second-order valence-corrected chi connectivity index (χ2v) is 9.58. The molecule has 0 saturated carbocycles. The largest absolute Gasteiger partial charge is 0.465 e. The van der Waals surface area contributed by atoms with E-state index >= 15 is 0 Å². The lowest BCUT2D eigenvalue weighted by molar-refractivity contribution is -0.463. The van der Waals surface area contributed by atoms with Crippen molar-refractivity contribution in [3.05, 3.63) is 35.6 Å². The molecule has 3 aliphatic rings. The maximum atomic E-state index is 13.2. The maximum Gasteiger partial charge on any atom is 0.413 e. The zero-order chi connectivity index (χ0) is 24.7. The Bertz CT molecular complexity index is 936. The van der Waals surface area contributed by atoms with Crippen LogP contribution in [0.2, 0.25) is 0 Å². The Morgan fingerprint density at radius 3 is 2.38 bits per heavy atom. The number of amidine groups is 1. The number of amides is 1. The second-order valence-electron chi connectivity index (χ2n) is 8.51. The molecular formula is C22H29FN2O8S. The number of aliphatic imine (C=N–C) groups is 1. The lowest BCUT2D eigenvalue weighted by Crippen LogP contribution is -2.72. The van der Waals surface area contributed by atoms with E-state index in [-0.39, 0.29) is 19.0 Å². The molecular weight excluding hydrogens is 471 g/mol. The Morgan fingerprint density at radius 2 is 1.79 bits per heavy atom. The van der Waals surface area contributed by atoms with Crippen LogP contribution in [0, 0.1) is 5.82 Å². The molecule has 0 bridgehead atoms. The Kier molecular flexibility index (Phi) is 7.21. The van der Waals surface area contributed by atoms with Crippen molar-refractivity contribution in [3.8, 4) is 0 Å². The number of carboxylic acid groups (broad SMARTS) is 1. The van der Waals surface area contributed by atoms with Crippen LogP contribution in [0.1, 0.15) is 19.4 Å². The van der Waals surface area contributed by atoms with Crippen LogP contribution < -0.4 is 0 Å². The molecule has 1 aromatic carbocycles. The molecule has 2 saturated heterocycles. The summed E-state index contributed by atoms with van der Waals surface area (Å²) in [4.78, 5) is 17.1. The first-order valence-corrected chi connectivity index (χ1v) is 11.6. The van der Waals surface area contributed by atoms with E-state index in [0.29, 0.717) is 5.17 Å². The summed E-state index contributed by atoms with van der Waals surface area (Å²) < 4.78 is 49.4. The number of methoxy groups -OCH3 is 2. The van der Waals surface area contributed by atoms with Crippen molar-refractivity contribution in [3.63, 3.8) is 0 Å². The minimum atomic E-state index is -1.26. The summed E-state index contributed by atoms with van der Waals surface area (Å²) in [5, 5.41) is 9.68. The molecule has 3 aliphatic heterocycles. The van der Waals surface area contributed by atoms with Gasteiger partial charge in [0.1, 0.15) is 35.6 Å². The Labute approximate surface area is 201 Å². The van der Waals surface area contributed by atoms with Crippen molar-refractivity contribution < 1.29 is 42.7 Å². The lowest BCUT2D eigenvalue weighted by atomic mass is 9.93. The predicted molar refractivity (Wildman–Crippen MR) is 120 cm³/mol. The van der Waals surface area contributed by atoms with E-state index in [1.807, 2.05) is 0 Å². The summed E-state index contributed by atoms with van der Waals surface area (Å²) in [5.41, 5.74) is 0.305. The number of halogens is 1. The van der Waals surface area contributed by atoms with Gasteiger partial charge in [-0.2, -0.15) is 0 Å². The number of ether oxygens (including phenoxy) is 6. The van der Waals surface area contributed by atoms with Gasteiger partial charge in [-0.05, 0) is 31.5 Å². The number of nitrogens with zero attached hydrogens (tertiary/aromatic N) is 2. The fourth-order valence-corrected chi connectivity index (χ4v) is 5.30. The molecule has 10 nitrogen and oxygen atoms in total. The maximum absolute atomic E-state index is 13.2. The van der Waals surface area contributed by atoms with Crippen LogP contribution in [0.4, 0.5) is 9.18 Å². The van der Waals surface area contributed by atoms with Gasteiger partial charge in [0.2, 0.25) is 11.6 Å². The second kappa shape index (κ2) is 9.69. The van der Waals surface area contributed by atoms with Crippen molar-refractivity contribution in [1.82, 2.24) is 4.90 Å². The molecule has 2 fully saturated rings. The number of thioether (sulfide) groups is 1. The van der Waals surface area contributed by atoms with E-state index in [0.717, 1.165) is 10.5 Å². The molecule has 0 spiro atoms. The quantitative estimate of drug-likeness (QED) is 0.631. The van der Waals surface area contributed by atoms with E-state index < -0.39 is 47.5 Å². The molecule has 1 amide bonds. The summed E-state index contributed by atoms with van der Waals surface area (Å²) in [5.74, 6) is -2.84. The van der Waals surface area contributed by atoms with Gasteiger partial charge in [-0.25, -0.2) is 9.18 Å². The highest BCUT2D eigenvalue weighted by Gasteiger charge is 2.63. The number of rotatable bonds is 6. The Morgan fingerprint density at radius 1 is 1.18 bits per heavy atom. The van der Waals surface area contributed by atoms with Crippen molar-refractivity contribution in [2.24, 2.45) is 4.99 Å². The lowest BCUT2D eigenvalue weighted by Gasteiger charge is -2.56. The molecule has 1 N–H and O–H groups in total. The molecule has 34 heavy (non-hydrogen) atoms. The van der Waals surface area contributed by atoms with Crippen molar-refractivity contribution in [1.29, 1.82) is 0 Å². The molecule has 12 heteroatoms. The van der Waals surface area contributed by atoms with E-state index in [2.05, 4.69) is 4.99 Å². The molecule has 0 unspecified atom stereocenters. The highest BCUT2D eigenvalue weighted by atomic mass is 32.2. The molecule has 0 radical (unpaired) electrons. The average molecular weight is 501 g/mol. The van der Waals surface area contributed by atoms with Gasteiger partial charge >= 0.3 is 6.09 Å². The minimum absolute atomic E-state index is 0.152. The summed E-state index contributed by atoms with van der Waals surface area (Å²) >= 11 is 1.20. The van der Waals surface area contributed by atoms with Gasteiger partial charge in [0.05, 0.1) is 13.2 Å². The third kappa shape index (κ3) is 4.55. The van der Waals surface area contributed by atoms with Crippen LogP contribution in [0.25, 0.3) is 0 Å². The SMILES string of the molecule is CO[C@@]1(C)O[C@@H]2[C@H]3N=C(N(C)C(=O)O)S[C@H]3O[C@H](COCc3ccc(F)cc3)[C@H]2O[C@]1(C)OC. The van der Waals surface area contributed by atoms with Crippen molar-refractivity contribution >= 4 is 23.0 Å². The molecule has 0 aliphatic carbocycles. The normalized spacial score (nSPS) is 37.0. The van der Waals surface area contributed by atoms with Gasteiger partial charge in [0.15, 0.2) is 5.17 Å².